The highest BCUT2D eigenvalue weighted by atomic mass is 32.3. The van der Waals surface area contributed by atoms with Gasteiger partial charge in [-0.05, 0) is 19.8 Å². The second-order valence-corrected chi connectivity index (χ2v) is 3.43. The van der Waals surface area contributed by atoms with Crippen molar-refractivity contribution in [3.63, 3.8) is 0 Å². The maximum Gasteiger partial charge on any atom is 0.304 e. The van der Waals surface area contributed by atoms with Gasteiger partial charge in [0, 0.05) is 0 Å². The van der Waals surface area contributed by atoms with Gasteiger partial charge in [-0.15, -0.1) is 0 Å². The summed E-state index contributed by atoms with van der Waals surface area (Å²) in [6.45, 7) is 1.07. The Balaban J connectivity index is 4.17. The van der Waals surface area contributed by atoms with E-state index in [4.69, 9.17) is 5.11 Å². The van der Waals surface area contributed by atoms with E-state index < -0.39 is 15.6 Å². The van der Waals surface area contributed by atoms with Crippen LogP contribution in [0.25, 0.3) is 0 Å². The fourth-order valence-electron chi connectivity index (χ4n) is 0.0623. The molecule has 0 aromatic rings. The predicted molar refractivity (Wildman–Crippen MR) is 30.7 cm³/mol. The molecule has 50 valence electrons. The molecular weight excluding hydrogens is 152 g/mol. The highest BCUT2D eigenvalue weighted by Gasteiger charge is 2.16. The minimum atomic E-state index is -3.82. The Morgan fingerprint density at radius 2 is 2.12 bits per heavy atom. The molecule has 0 aliphatic carbocycles. The summed E-state index contributed by atoms with van der Waals surface area (Å²) in [5.74, 6) is 0. The van der Waals surface area contributed by atoms with Crippen LogP contribution in [0.2, 0.25) is 0 Å². The average molecular weight is 158 g/mol. The first-order chi connectivity index (χ1) is 3.50. The summed E-state index contributed by atoms with van der Waals surface area (Å²) >= 11 is 2.99. The molecule has 1 atom stereocenters. The van der Waals surface area contributed by atoms with Crippen molar-refractivity contribution in [3.05, 3.63) is 0 Å². The second kappa shape index (κ2) is 2.67. The maximum absolute atomic E-state index is 10.2. The normalized spacial score (nSPS) is 15.9. The van der Waals surface area contributed by atoms with Gasteiger partial charge >= 0.3 is 10.1 Å². The highest BCUT2D eigenvalue weighted by Crippen LogP contribution is 2.00. The standard InChI is InChI=1S/C2H6O4S2/c1-2(3)8(4,5)6-7/h2-3,7H,1H3. The van der Waals surface area contributed by atoms with Crippen molar-refractivity contribution in [1.82, 2.24) is 0 Å². The molecule has 4 nitrogen and oxygen atoms in total. The van der Waals surface area contributed by atoms with E-state index in [0.717, 1.165) is 6.92 Å². The monoisotopic (exact) mass is 158 g/mol. The minimum Gasteiger partial charge on any atom is -0.375 e. The number of aliphatic hydroxyl groups is 1. The van der Waals surface area contributed by atoms with Gasteiger partial charge in [-0.25, -0.2) is 0 Å². The van der Waals surface area contributed by atoms with Gasteiger partial charge in [0.1, 0.15) is 0 Å². The first-order valence-electron chi connectivity index (χ1n) is 1.75. The van der Waals surface area contributed by atoms with Gasteiger partial charge in [-0.2, -0.15) is 12.0 Å². The van der Waals surface area contributed by atoms with Crippen molar-refractivity contribution < 1.29 is 17.2 Å². The summed E-state index contributed by atoms with van der Waals surface area (Å²) < 4.78 is 23.9. The lowest BCUT2D eigenvalue weighted by Crippen LogP contribution is -2.15. The van der Waals surface area contributed by atoms with Crippen molar-refractivity contribution in [2.45, 2.75) is 12.4 Å². The quantitative estimate of drug-likeness (QED) is 0.420. The summed E-state index contributed by atoms with van der Waals surface area (Å²) in [7, 11) is -3.82. The lowest BCUT2D eigenvalue weighted by atomic mass is 10.9. The van der Waals surface area contributed by atoms with Crippen LogP contribution >= 0.6 is 12.9 Å². The van der Waals surface area contributed by atoms with Crippen LogP contribution in [0, 0.1) is 0 Å². The van der Waals surface area contributed by atoms with Crippen LogP contribution in [0.1, 0.15) is 6.92 Å². The van der Waals surface area contributed by atoms with Crippen LogP contribution in [0.5, 0.6) is 0 Å². The number of hydrogen-bond donors (Lipinski definition) is 2. The van der Waals surface area contributed by atoms with Crippen molar-refractivity contribution in [2.24, 2.45) is 0 Å². The molecule has 0 radical (unpaired) electrons. The molecule has 0 amide bonds. The van der Waals surface area contributed by atoms with E-state index in [0.29, 0.717) is 0 Å². The first-order valence-corrected chi connectivity index (χ1v) is 3.59. The van der Waals surface area contributed by atoms with E-state index >= 15 is 0 Å². The molecule has 0 rings (SSSR count). The van der Waals surface area contributed by atoms with Crippen LogP contribution in [0.15, 0.2) is 0 Å². The van der Waals surface area contributed by atoms with E-state index in [1.807, 2.05) is 0 Å². The zero-order valence-corrected chi connectivity index (χ0v) is 5.82. The van der Waals surface area contributed by atoms with E-state index in [-0.39, 0.29) is 0 Å². The molecule has 0 fully saturated rings. The van der Waals surface area contributed by atoms with Gasteiger partial charge in [0.05, 0.1) is 0 Å². The number of aliphatic hydroxyl groups excluding tert-OH is 1. The van der Waals surface area contributed by atoms with Crippen molar-refractivity contribution >= 4 is 23.0 Å². The van der Waals surface area contributed by atoms with Crippen molar-refractivity contribution in [1.29, 1.82) is 0 Å². The third kappa shape index (κ3) is 1.99. The lowest BCUT2D eigenvalue weighted by Gasteiger charge is -1.99. The van der Waals surface area contributed by atoms with Gasteiger partial charge in [0.15, 0.2) is 5.44 Å². The lowest BCUT2D eigenvalue weighted by molar-refractivity contribution is 0.257. The van der Waals surface area contributed by atoms with Crippen LogP contribution in [0.4, 0.5) is 0 Å². The molecule has 0 aliphatic rings. The zero-order valence-electron chi connectivity index (χ0n) is 4.10. The van der Waals surface area contributed by atoms with E-state index in [2.05, 4.69) is 16.5 Å². The van der Waals surface area contributed by atoms with Crippen LogP contribution in [-0.2, 0) is 13.7 Å². The molecule has 0 heterocycles. The molecule has 1 N–H and O–H groups in total. The molecule has 0 aliphatic heterocycles. The predicted octanol–water partition coefficient (Wildman–Crippen LogP) is -0.484. The van der Waals surface area contributed by atoms with Gasteiger partial charge in [-0.3, -0.25) is 0 Å². The van der Waals surface area contributed by atoms with Gasteiger partial charge in [-0.1, -0.05) is 0 Å². The van der Waals surface area contributed by atoms with E-state index in [1.165, 1.54) is 0 Å². The molecule has 6 heteroatoms. The van der Waals surface area contributed by atoms with Gasteiger partial charge in [0.25, 0.3) is 0 Å². The molecule has 0 spiro atoms. The van der Waals surface area contributed by atoms with Gasteiger partial charge in [0.2, 0.25) is 0 Å². The smallest absolute Gasteiger partial charge is 0.304 e. The molecule has 0 aromatic carbocycles. The SMILES string of the molecule is CC(O)S(=O)(=O)OS. The Morgan fingerprint density at radius 1 is 1.75 bits per heavy atom. The topological polar surface area (TPSA) is 63.6 Å². The fraction of sp³-hybridized carbons (Fsp3) is 1.00. The first kappa shape index (κ1) is 8.22. The van der Waals surface area contributed by atoms with Crippen molar-refractivity contribution in [2.75, 3.05) is 0 Å². The maximum atomic E-state index is 10.2. The summed E-state index contributed by atoms with van der Waals surface area (Å²) in [5.41, 5.74) is -1.51. The molecule has 1 unspecified atom stereocenters. The molecule has 8 heavy (non-hydrogen) atoms. The molecule has 0 aromatic heterocycles. The number of hydrogen-bond acceptors (Lipinski definition) is 5. The van der Waals surface area contributed by atoms with Gasteiger partial charge < -0.3 is 5.11 Å². The molecule has 0 bridgehead atoms. The third-order valence-corrected chi connectivity index (χ3v) is 2.19. The molecule has 0 saturated heterocycles. The van der Waals surface area contributed by atoms with Crippen LogP contribution < -0.4 is 0 Å². The molecule has 0 saturated carbocycles. The number of thiol groups is 1. The Morgan fingerprint density at radius 3 is 2.12 bits per heavy atom. The zero-order chi connectivity index (χ0) is 6.78. The Kier molecular flexibility index (Phi) is 2.75. The highest BCUT2D eigenvalue weighted by molar-refractivity contribution is 7.95. The van der Waals surface area contributed by atoms with E-state index in [9.17, 15) is 8.42 Å². The fourth-order valence-corrected chi connectivity index (χ4v) is 0.561. The summed E-state index contributed by atoms with van der Waals surface area (Å²) in [4.78, 5) is 0. The Hall–Kier alpha value is 0.220. The van der Waals surface area contributed by atoms with E-state index in [1.54, 1.807) is 0 Å². The summed E-state index contributed by atoms with van der Waals surface area (Å²) in [6.07, 6.45) is 0. The number of rotatable bonds is 2. The van der Waals surface area contributed by atoms with Crippen LogP contribution in [-0.4, -0.2) is 19.0 Å². The Labute approximate surface area is 53.2 Å². The van der Waals surface area contributed by atoms with Crippen LogP contribution in [0.3, 0.4) is 0 Å². The average Bonchev–Trinajstić information content (AvgIpc) is 1.67. The van der Waals surface area contributed by atoms with Crippen molar-refractivity contribution in [3.8, 4) is 0 Å². The third-order valence-electron chi connectivity index (χ3n) is 0.522. The molecular formula is C2H6O4S2. The largest absolute Gasteiger partial charge is 0.375 e. The summed E-state index contributed by atoms with van der Waals surface area (Å²) in [6, 6.07) is 0. The second-order valence-electron chi connectivity index (χ2n) is 1.17. The Bertz CT molecular complexity index is 145. The minimum absolute atomic E-state index is 1.07. The summed E-state index contributed by atoms with van der Waals surface area (Å²) in [5, 5.41) is 8.32.